The van der Waals surface area contributed by atoms with Gasteiger partial charge >= 0.3 is 0 Å². The van der Waals surface area contributed by atoms with Crippen molar-refractivity contribution in [1.82, 2.24) is 15.6 Å². The summed E-state index contributed by atoms with van der Waals surface area (Å²) >= 11 is 0. The quantitative estimate of drug-likeness (QED) is 0.639. The molecule has 4 N–H and O–H groups in total. The molecule has 2 aliphatic rings. The second-order valence-corrected chi connectivity index (χ2v) is 9.70. The Kier molecular flexibility index (Phi) is 6.77. The molecule has 1 atom stereocenters. The Balaban J connectivity index is 1.50. The molecule has 1 aromatic carbocycles. The van der Waals surface area contributed by atoms with Crippen LogP contribution in [0.25, 0.3) is 10.9 Å². The van der Waals surface area contributed by atoms with Crippen LogP contribution in [0.2, 0.25) is 0 Å². The standard InChI is InChI=1S/C25H37N5O/c1-16-4-7-20(8-5-16)28-21-10-12-30(13-11-21)24-22(25(31)27-18(3)26)15-19-14-17(2)6-9-23(19)29-24/h6,9,14-16,18,20-21,28H,4-5,7-8,10-13,26H2,1-3H3,(H,27,31). The molecule has 1 amide bonds. The van der Waals surface area contributed by atoms with E-state index < -0.39 is 6.17 Å². The summed E-state index contributed by atoms with van der Waals surface area (Å²) < 4.78 is 0. The van der Waals surface area contributed by atoms with Crippen LogP contribution in [0.5, 0.6) is 0 Å². The fourth-order valence-electron chi connectivity index (χ4n) is 5.00. The molecule has 2 fully saturated rings. The molecule has 168 valence electrons. The minimum absolute atomic E-state index is 0.155. The number of nitrogens with two attached hydrogens (primary N) is 1. The van der Waals surface area contributed by atoms with Crippen LogP contribution >= 0.6 is 0 Å². The van der Waals surface area contributed by atoms with Gasteiger partial charge in [-0.3, -0.25) is 4.79 Å². The molecule has 6 nitrogen and oxygen atoms in total. The van der Waals surface area contributed by atoms with E-state index in [0.29, 0.717) is 17.6 Å². The zero-order chi connectivity index (χ0) is 22.0. The van der Waals surface area contributed by atoms with Gasteiger partial charge < -0.3 is 21.3 Å². The van der Waals surface area contributed by atoms with E-state index in [0.717, 1.165) is 54.1 Å². The molecule has 2 aromatic rings. The number of rotatable bonds is 5. The van der Waals surface area contributed by atoms with Crippen molar-refractivity contribution in [1.29, 1.82) is 0 Å². The highest BCUT2D eigenvalue weighted by molar-refractivity contribution is 6.02. The molecule has 0 radical (unpaired) electrons. The number of amides is 1. The summed E-state index contributed by atoms with van der Waals surface area (Å²) in [5, 5.41) is 7.74. The number of hydrogen-bond acceptors (Lipinski definition) is 5. The summed E-state index contributed by atoms with van der Waals surface area (Å²) in [6.07, 6.45) is 7.04. The highest BCUT2D eigenvalue weighted by atomic mass is 16.1. The molecule has 1 saturated heterocycles. The van der Waals surface area contributed by atoms with Crippen molar-refractivity contribution in [2.75, 3.05) is 18.0 Å². The lowest BCUT2D eigenvalue weighted by Crippen LogP contribution is -2.47. The Bertz CT molecular complexity index is 912. The third kappa shape index (κ3) is 5.36. The Morgan fingerprint density at radius 3 is 2.45 bits per heavy atom. The van der Waals surface area contributed by atoms with Crippen LogP contribution in [0.15, 0.2) is 24.3 Å². The summed E-state index contributed by atoms with van der Waals surface area (Å²) in [5.74, 6) is 1.50. The lowest BCUT2D eigenvalue weighted by molar-refractivity contribution is 0.0941. The first-order valence-electron chi connectivity index (χ1n) is 11.9. The zero-order valence-electron chi connectivity index (χ0n) is 19.2. The van der Waals surface area contributed by atoms with E-state index in [1.807, 2.05) is 12.1 Å². The average molecular weight is 424 g/mol. The zero-order valence-corrected chi connectivity index (χ0v) is 19.2. The van der Waals surface area contributed by atoms with Gasteiger partial charge in [0, 0.05) is 30.6 Å². The predicted octanol–water partition coefficient (Wildman–Crippen LogP) is 3.71. The lowest BCUT2D eigenvalue weighted by Gasteiger charge is -2.37. The first-order valence-corrected chi connectivity index (χ1v) is 11.9. The van der Waals surface area contributed by atoms with Crippen LogP contribution in [-0.4, -0.2) is 42.2 Å². The van der Waals surface area contributed by atoms with Crippen LogP contribution in [0.3, 0.4) is 0 Å². The number of hydrogen-bond donors (Lipinski definition) is 3. The molecule has 31 heavy (non-hydrogen) atoms. The maximum atomic E-state index is 12.9. The van der Waals surface area contributed by atoms with Crippen molar-refractivity contribution in [3.8, 4) is 0 Å². The topological polar surface area (TPSA) is 83.3 Å². The molecule has 1 aromatic heterocycles. The van der Waals surface area contributed by atoms with Crippen molar-refractivity contribution in [2.45, 2.75) is 77.5 Å². The third-order valence-electron chi connectivity index (χ3n) is 6.84. The molecule has 1 aliphatic heterocycles. The van der Waals surface area contributed by atoms with Gasteiger partial charge in [-0.15, -0.1) is 0 Å². The minimum atomic E-state index is -0.401. The van der Waals surface area contributed by atoms with E-state index >= 15 is 0 Å². The van der Waals surface area contributed by atoms with Gasteiger partial charge in [0.15, 0.2) is 0 Å². The van der Waals surface area contributed by atoms with E-state index in [1.165, 1.54) is 25.7 Å². The molecular formula is C25H37N5O. The van der Waals surface area contributed by atoms with E-state index in [1.54, 1.807) is 6.92 Å². The molecule has 1 aliphatic carbocycles. The SMILES string of the molecule is Cc1ccc2nc(N3CCC(NC4CCC(C)CC4)CC3)c(C(=O)NC(C)N)cc2c1. The second kappa shape index (κ2) is 9.53. The molecule has 0 spiro atoms. The first-order chi connectivity index (χ1) is 14.9. The summed E-state index contributed by atoms with van der Waals surface area (Å²) in [6.45, 7) is 8.01. The van der Waals surface area contributed by atoms with Crippen LogP contribution in [-0.2, 0) is 0 Å². The van der Waals surface area contributed by atoms with Crippen molar-refractivity contribution < 1.29 is 4.79 Å². The number of carbonyl (C=O) groups excluding carboxylic acids is 1. The number of aromatic nitrogens is 1. The first kappa shape index (κ1) is 22.0. The van der Waals surface area contributed by atoms with Crippen molar-refractivity contribution >= 4 is 22.6 Å². The number of benzene rings is 1. The number of anilines is 1. The average Bonchev–Trinajstić information content (AvgIpc) is 2.74. The van der Waals surface area contributed by atoms with Crippen LogP contribution in [0.4, 0.5) is 5.82 Å². The Morgan fingerprint density at radius 2 is 1.77 bits per heavy atom. The van der Waals surface area contributed by atoms with Crippen LogP contribution in [0.1, 0.15) is 68.3 Å². The van der Waals surface area contributed by atoms with Crippen molar-refractivity contribution in [3.63, 3.8) is 0 Å². The fraction of sp³-hybridized carbons (Fsp3) is 0.600. The number of nitrogens with one attached hydrogen (secondary N) is 2. The van der Waals surface area contributed by atoms with Gasteiger partial charge in [-0.05, 0) is 76.5 Å². The largest absolute Gasteiger partial charge is 0.356 e. The second-order valence-electron chi connectivity index (χ2n) is 9.70. The molecule has 6 heteroatoms. The normalized spacial score (nSPS) is 23.7. The number of fused-ring (bicyclic) bond motifs is 1. The predicted molar refractivity (Wildman–Crippen MR) is 127 cm³/mol. The summed E-state index contributed by atoms with van der Waals surface area (Å²) in [6, 6.07) is 9.38. The van der Waals surface area contributed by atoms with Gasteiger partial charge in [0.2, 0.25) is 0 Å². The van der Waals surface area contributed by atoms with Crippen molar-refractivity contribution in [2.24, 2.45) is 11.7 Å². The summed E-state index contributed by atoms with van der Waals surface area (Å²) in [7, 11) is 0. The van der Waals surface area contributed by atoms with Gasteiger partial charge in [-0.2, -0.15) is 0 Å². The number of aryl methyl sites for hydroxylation is 1. The van der Waals surface area contributed by atoms with E-state index in [9.17, 15) is 4.79 Å². The number of pyridine rings is 1. The fourth-order valence-corrected chi connectivity index (χ4v) is 5.00. The van der Waals surface area contributed by atoms with Gasteiger partial charge in [0.25, 0.3) is 5.91 Å². The Hall–Kier alpha value is -2.18. The van der Waals surface area contributed by atoms with Gasteiger partial charge in [-0.1, -0.05) is 18.6 Å². The molecular weight excluding hydrogens is 386 g/mol. The van der Waals surface area contributed by atoms with E-state index in [4.69, 9.17) is 10.7 Å². The summed E-state index contributed by atoms with van der Waals surface area (Å²) in [5.41, 5.74) is 8.53. The van der Waals surface area contributed by atoms with Crippen LogP contribution in [0, 0.1) is 12.8 Å². The molecule has 1 saturated carbocycles. The minimum Gasteiger partial charge on any atom is -0.356 e. The lowest BCUT2D eigenvalue weighted by atomic mass is 9.86. The Morgan fingerprint density at radius 1 is 1.10 bits per heavy atom. The van der Waals surface area contributed by atoms with E-state index in [2.05, 4.69) is 41.5 Å². The van der Waals surface area contributed by atoms with Gasteiger partial charge in [0.1, 0.15) is 5.82 Å². The van der Waals surface area contributed by atoms with Crippen LogP contribution < -0.4 is 21.3 Å². The number of piperidine rings is 1. The smallest absolute Gasteiger partial charge is 0.256 e. The maximum Gasteiger partial charge on any atom is 0.256 e. The maximum absolute atomic E-state index is 12.9. The van der Waals surface area contributed by atoms with Gasteiger partial charge in [0.05, 0.1) is 17.2 Å². The highest BCUT2D eigenvalue weighted by Gasteiger charge is 2.27. The molecule has 1 unspecified atom stereocenters. The van der Waals surface area contributed by atoms with Gasteiger partial charge in [-0.25, -0.2) is 4.98 Å². The highest BCUT2D eigenvalue weighted by Crippen LogP contribution is 2.28. The van der Waals surface area contributed by atoms with Crippen molar-refractivity contribution in [3.05, 3.63) is 35.4 Å². The molecule has 2 heterocycles. The third-order valence-corrected chi connectivity index (χ3v) is 6.84. The monoisotopic (exact) mass is 423 g/mol. The number of carbonyl (C=O) groups is 1. The Labute approximate surface area is 186 Å². The van der Waals surface area contributed by atoms with E-state index in [-0.39, 0.29) is 5.91 Å². The summed E-state index contributed by atoms with van der Waals surface area (Å²) in [4.78, 5) is 20.1. The molecule has 0 bridgehead atoms. The number of nitrogens with zero attached hydrogens (tertiary/aromatic N) is 2. The molecule has 4 rings (SSSR count).